The fourth-order valence-corrected chi connectivity index (χ4v) is 2.58. The Morgan fingerprint density at radius 2 is 2.18 bits per heavy atom. The van der Waals surface area contributed by atoms with E-state index in [1.807, 2.05) is 19.9 Å². The number of aromatic carboxylic acids is 1. The summed E-state index contributed by atoms with van der Waals surface area (Å²) in [7, 11) is 0. The molecule has 0 fully saturated rings. The minimum Gasteiger partial charge on any atom is -0.478 e. The van der Waals surface area contributed by atoms with Crippen molar-refractivity contribution in [2.24, 2.45) is 0 Å². The van der Waals surface area contributed by atoms with Crippen molar-refractivity contribution in [1.29, 1.82) is 0 Å². The van der Waals surface area contributed by atoms with Gasteiger partial charge in [0.25, 0.3) is 0 Å². The Morgan fingerprint density at radius 3 is 2.76 bits per heavy atom. The van der Waals surface area contributed by atoms with Gasteiger partial charge in [-0.3, -0.25) is 0 Å². The second-order valence-corrected chi connectivity index (χ2v) is 5.33. The Kier molecular flexibility index (Phi) is 3.24. The first-order valence-corrected chi connectivity index (χ1v) is 6.13. The molecule has 88 valence electrons. The second-order valence-electron chi connectivity index (χ2n) is 3.92. The maximum absolute atomic E-state index is 10.9. The van der Waals surface area contributed by atoms with E-state index >= 15 is 0 Å². The van der Waals surface area contributed by atoms with Crippen LogP contribution in [-0.2, 0) is 6.42 Å². The lowest BCUT2D eigenvalue weighted by Gasteiger charge is -2.01. The van der Waals surface area contributed by atoms with Crippen molar-refractivity contribution < 1.29 is 9.90 Å². The van der Waals surface area contributed by atoms with Gasteiger partial charge in [-0.05, 0) is 31.5 Å². The van der Waals surface area contributed by atoms with Gasteiger partial charge in [0.15, 0.2) is 0 Å². The molecule has 4 heteroatoms. The zero-order chi connectivity index (χ0) is 12.4. The molecule has 0 atom stereocenters. The van der Waals surface area contributed by atoms with Crippen LogP contribution in [0.5, 0.6) is 0 Å². The molecule has 0 aliphatic heterocycles. The number of carbonyl (C=O) groups is 1. The minimum absolute atomic E-state index is 0.326. The fraction of sp³-hybridized carbons (Fsp3) is 0.231. The van der Waals surface area contributed by atoms with E-state index in [1.54, 1.807) is 29.5 Å². The van der Waals surface area contributed by atoms with E-state index < -0.39 is 5.97 Å². The van der Waals surface area contributed by atoms with Crippen LogP contribution in [0.3, 0.4) is 0 Å². The highest BCUT2D eigenvalue weighted by molar-refractivity contribution is 7.11. The molecule has 2 aromatic rings. The molecule has 1 heterocycles. The highest BCUT2D eigenvalue weighted by atomic mass is 32.1. The van der Waals surface area contributed by atoms with Crippen LogP contribution in [0, 0.1) is 13.8 Å². The van der Waals surface area contributed by atoms with Crippen LogP contribution in [-0.4, -0.2) is 16.1 Å². The van der Waals surface area contributed by atoms with Crippen LogP contribution in [0.4, 0.5) is 0 Å². The largest absolute Gasteiger partial charge is 0.478 e. The smallest absolute Gasteiger partial charge is 0.335 e. The summed E-state index contributed by atoms with van der Waals surface area (Å²) in [4.78, 5) is 16.5. The summed E-state index contributed by atoms with van der Waals surface area (Å²) < 4.78 is 0. The van der Waals surface area contributed by atoms with Gasteiger partial charge in [0.1, 0.15) is 0 Å². The maximum atomic E-state index is 10.9. The van der Waals surface area contributed by atoms with Crippen molar-refractivity contribution in [3.05, 3.63) is 51.0 Å². The lowest BCUT2D eigenvalue weighted by atomic mass is 10.1. The summed E-state index contributed by atoms with van der Waals surface area (Å²) in [6.45, 7) is 4.02. The molecular formula is C13H13NO2S. The molecule has 1 aromatic carbocycles. The molecule has 2 rings (SSSR count). The quantitative estimate of drug-likeness (QED) is 0.906. The average molecular weight is 247 g/mol. The average Bonchev–Trinajstić information content (AvgIpc) is 2.58. The molecule has 1 aromatic heterocycles. The molecule has 0 saturated carbocycles. The van der Waals surface area contributed by atoms with Crippen molar-refractivity contribution in [3.63, 3.8) is 0 Å². The molecule has 3 nitrogen and oxygen atoms in total. The van der Waals surface area contributed by atoms with E-state index in [4.69, 9.17) is 5.11 Å². The minimum atomic E-state index is -0.891. The van der Waals surface area contributed by atoms with Gasteiger partial charge in [0, 0.05) is 11.3 Å². The van der Waals surface area contributed by atoms with E-state index in [9.17, 15) is 4.79 Å². The van der Waals surface area contributed by atoms with Gasteiger partial charge in [0.2, 0.25) is 0 Å². The summed E-state index contributed by atoms with van der Waals surface area (Å²) in [6, 6.07) is 7.01. The number of aromatic nitrogens is 1. The van der Waals surface area contributed by atoms with Crippen molar-refractivity contribution >= 4 is 17.3 Å². The predicted octanol–water partition coefficient (Wildman–Crippen LogP) is 3.05. The Bertz CT molecular complexity index is 560. The van der Waals surface area contributed by atoms with Gasteiger partial charge in [-0.15, -0.1) is 11.3 Å². The van der Waals surface area contributed by atoms with Gasteiger partial charge in [0.05, 0.1) is 16.3 Å². The van der Waals surface area contributed by atoms with Gasteiger partial charge >= 0.3 is 5.97 Å². The lowest BCUT2D eigenvalue weighted by molar-refractivity contribution is 0.0697. The Balaban J connectivity index is 2.27. The summed E-state index contributed by atoms with van der Waals surface area (Å²) in [6.07, 6.45) is 0.692. The molecule has 0 aliphatic rings. The van der Waals surface area contributed by atoms with Crippen LogP contribution in [0.15, 0.2) is 24.3 Å². The first-order valence-electron chi connectivity index (χ1n) is 5.31. The standard InChI is InChI=1S/C13H13NO2S/c1-8-12(14-9(2)17-8)7-10-4-3-5-11(6-10)13(15)16/h3-6H,7H2,1-2H3,(H,15,16). The van der Waals surface area contributed by atoms with E-state index in [1.165, 1.54) is 4.88 Å². The van der Waals surface area contributed by atoms with E-state index in [2.05, 4.69) is 4.98 Å². The predicted molar refractivity (Wildman–Crippen MR) is 67.8 cm³/mol. The van der Waals surface area contributed by atoms with Crippen LogP contribution in [0.25, 0.3) is 0 Å². The van der Waals surface area contributed by atoms with Crippen molar-refractivity contribution in [2.45, 2.75) is 20.3 Å². The number of thiazole rings is 1. The van der Waals surface area contributed by atoms with Crippen LogP contribution >= 0.6 is 11.3 Å². The molecule has 0 bridgehead atoms. The summed E-state index contributed by atoms with van der Waals surface area (Å²) in [5, 5.41) is 9.97. The highest BCUT2D eigenvalue weighted by Crippen LogP contribution is 2.20. The van der Waals surface area contributed by atoms with Crippen LogP contribution < -0.4 is 0 Å². The Labute approximate surface area is 104 Å². The van der Waals surface area contributed by atoms with Crippen LogP contribution in [0.1, 0.15) is 31.5 Å². The zero-order valence-electron chi connectivity index (χ0n) is 9.73. The van der Waals surface area contributed by atoms with E-state index in [0.29, 0.717) is 12.0 Å². The topological polar surface area (TPSA) is 50.2 Å². The number of hydrogen-bond donors (Lipinski definition) is 1. The number of nitrogens with zero attached hydrogens (tertiary/aromatic N) is 1. The molecule has 0 aliphatic carbocycles. The molecule has 0 unspecified atom stereocenters. The van der Waals surface area contributed by atoms with E-state index in [0.717, 1.165) is 16.3 Å². The molecular weight excluding hydrogens is 234 g/mol. The fourth-order valence-electron chi connectivity index (χ4n) is 1.74. The van der Waals surface area contributed by atoms with Gasteiger partial charge in [-0.25, -0.2) is 9.78 Å². The number of rotatable bonds is 3. The molecule has 0 spiro atoms. The van der Waals surface area contributed by atoms with Crippen molar-refractivity contribution in [3.8, 4) is 0 Å². The summed E-state index contributed by atoms with van der Waals surface area (Å²) >= 11 is 1.67. The van der Waals surface area contributed by atoms with Gasteiger partial charge < -0.3 is 5.11 Å². The Morgan fingerprint density at radius 1 is 1.41 bits per heavy atom. The number of hydrogen-bond acceptors (Lipinski definition) is 3. The number of aryl methyl sites for hydroxylation is 2. The SMILES string of the molecule is Cc1nc(Cc2cccc(C(=O)O)c2)c(C)s1. The van der Waals surface area contributed by atoms with Crippen LogP contribution in [0.2, 0.25) is 0 Å². The molecule has 1 N–H and O–H groups in total. The molecule has 0 saturated heterocycles. The van der Waals surface area contributed by atoms with E-state index in [-0.39, 0.29) is 0 Å². The monoisotopic (exact) mass is 247 g/mol. The summed E-state index contributed by atoms with van der Waals surface area (Å²) in [5.74, 6) is -0.891. The lowest BCUT2D eigenvalue weighted by Crippen LogP contribution is -1.98. The maximum Gasteiger partial charge on any atom is 0.335 e. The first-order chi connectivity index (χ1) is 8.06. The molecule has 0 amide bonds. The third-order valence-electron chi connectivity index (χ3n) is 2.55. The Hall–Kier alpha value is -1.68. The third-order valence-corrected chi connectivity index (χ3v) is 3.47. The number of carboxylic acid groups (broad SMARTS) is 1. The van der Waals surface area contributed by atoms with Gasteiger partial charge in [-0.1, -0.05) is 12.1 Å². The van der Waals surface area contributed by atoms with Crippen molar-refractivity contribution in [2.75, 3.05) is 0 Å². The number of benzene rings is 1. The highest BCUT2D eigenvalue weighted by Gasteiger charge is 2.08. The molecule has 0 radical (unpaired) electrons. The number of carboxylic acids is 1. The third kappa shape index (κ3) is 2.71. The second kappa shape index (κ2) is 4.67. The normalized spacial score (nSPS) is 10.5. The van der Waals surface area contributed by atoms with Gasteiger partial charge in [-0.2, -0.15) is 0 Å². The molecule has 17 heavy (non-hydrogen) atoms. The zero-order valence-corrected chi connectivity index (χ0v) is 10.5. The van der Waals surface area contributed by atoms with Crippen molar-refractivity contribution in [1.82, 2.24) is 4.98 Å². The first kappa shape index (κ1) is 11.8. The summed E-state index contributed by atoms with van der Waals surface area (Å²) in [5.41, 5.74) is 2.35.